The van der Waals surface area contributed by atoms with Gasteiger partial charge in [-0.2, -0.15) is 5.10 Å². The first-order chi connectivity index (χ1) is 10.5. The zero-order valence-electron chi connectivity index (χ0n) is 12.8. The lowest BCUT2D eigenvalue weighted by Gasteiger charge is -2.22. The van der Waals surface area contributed by atoms with Crippen molar-refractivity contribution in [2.75, 3.05) is 6.54 Å². The summed E-state index contributed by atoms with van der Waals surface area (Å²) in [5.41, 5.74) is 7.55. The predicted octanol–water partition coefficient (Wildman–Crippen LogP) is 1.25. The quantitative estimate of drug-likeness (QED) is 0.871. The second-order valence-corrected chi connectivity index (χ2v) is 5.20. The van der Waals surface area contributed by atoms with Crippen LogP contribution in [0, 0.1) is 6.92 Å². The van der Waals surface area contributed by atoms with E-state index in [9.17, 15) is 9.59 Å². The SMILES string of the molecule is Cc1c(C(=O)N(CCC(N)=O)Cc2ccccc2)cnn1C. The molecule has 2 rings (SSSR count). The van der Waals surface area contributed by atoms with Crippen LogP contribution in [0.5, 0.6) is 0 Å². The number of carbonyl (C=O) groups excluding carboxylic acids is 2. The van der Waals surface area contributed by atoms with Crippen LogP contribution in [-0.2, 0) is 18.4 Å². The first-order valence-corrected chi connectivity index (χ1v) is 7.09. The number of amides is 2. The van der Waals surface area contributed by atoms with Crippen molar-refractivity contribution in [1.29, 1.82) is 0 Å². The van der Waals surface area contributed by atoms with E-state index < -0.39 is 5.91 Å². The Morgan fingerprint density at radius 3 is 2.50 bits per heavy atom. The van der Waals surface area contributed by atoms with Crippen LogP contribution in [0.25, 0.3) is 0 Å². The highest BCUT2D eigenvalue weighted by atomic mass is 16.2. The van der Waals surface area contributed by atoms with Gasteiger partial charge in [-0.25, -0.2) is 0 Å². The normalized spacial score (nSPS) is 10.5. The van der Waals surface area contributed by atoms with Crippen molar-refractivity contribution in [3.63, 3.8) is 0 Å². The molecule has 116 valence electrons. The molecular formula is C16H20N4O2. The van der Waals surface area contributed by atoms with Gasteiger partial charge >= 0.3 is 0 Å². The van der Waals surface area contributed by atoms with Gasteiger partial charge in [0.05, 0.1) is 11.8 Å². The molecule has 22 heavy (non-hydrogen) atoms. The Labute approximate surface area is 129 Å². The van der Waals surface area contributed by atoms with Gasteiger partial charge in [0.2, 0.25) is 5.91 Å². The Morgan fingerprint density at radius 1 is 1.27 bits per heavy atom. The van der Waals surface area contributed by atoms with Crippen LogP contribution in [0.4, 0.5) is 0 Å². The summed E-state index contributed by atoms with van der Waals surface area (Å²) in [6, 6.07) is 9.65. The summed E-state index contributed by atoms with van der Waals surface area (Å²) in [5, 5.41) is 4.10. The first kappa shape index (κ1) is 15.8. The minimum Gasteiger partial charge on any atom is -0.370 e. The summed E-state index contributed by atoms with van der Waals surface area (Å²) < 4.78 is 1.65. The molecule has 0 aliphatic rings. The number of carbonyl (C=O) groups is 2. The lowest BCUT2D eigenvalue weighted by Crippen LogP contribution is -2.34. The largest absolute Gasteiger partial charge is 0.370 e. The van der Waals surface area contributed by atoms with Gasteiger partial charge in [-0.05, 0) is 12.5 Å². The van der Waals surface area contributed by atoms with Gasteiger partial charge < -0.3 is 10.6 Å². The average Bonchev–Trinajstić information content (AvgIpc) is 2.83. The molecule has 0 fully saturated rings. The van der Waals surface area contributed by atoms with Crippen molar-refractivity contribution in [1.82, 2.24) is 14.7 Å². The van der Waals surface area contributed by atoms with E-state index in [0.717, 1.165) is 11.3 Å². The molecule has 2 aromatic rings. The fourth-order valence-corrected chi connectivity index (χ4v) is 2.18. The molecule has 0 bridgehead atoms. The maximum absolute atomic E-state index is 12.7. The molecule has 1 aromatic heterocycles. The van der Waals surface area contributed by atoms with Crippen molar-refractivity contribution in [2.24, 2.45) is 12.8 Å². The highest BCUT2D eigenvalue weighted by Gasteiger charge is 2.20. The van der Waals surface area contributed by atoms with Gasteiger partial charge in [0.15, 0.2) is 0 Å². The maximum atomic E-state index is 12.7. The molecule has 1 aromatic carbocycles. The van der Waals surface area contributed by atoms with Gasteiger partial charge in [-0.3, -0.25) is 14.3 Å². The van der Waals surface area contributed by atoms with E-state index in [1.165, 1.54) is 0 Å². The number of hydrogen-bond acceptors (Lipinski definition) is 3. The topological polar surface area (TPSA) is 81.2 Å². The van der Waals surface area contributed by atoms with Gasteiger partial charge in [0.1, 0.15) is 0 Å². The van der Waals surface area contributed by atoms with E-state index >= 15 is 0 Å². The summed E-state index contributed by atoms with van der Waals surface area (Å²) in [6.07, 6.45) is 1.69. The number of nitrogens with zero attached hydrogens (tertiary/aromatic N) is 3. The highest BCUT2D eigenvalue weighted by Crippen LogP contribution is 2.13. The molecular weight excluding hydrogens is 280 g/mol. The number of aryl methyl sites for hydroxylation is 1. The van der Waals surface area contributed by atoms with Gasteiger partial charge in [-0.15, -0.1) is 0 Å². The van der Waals surface area contributed by atoms with Gasteiger partial charge in [0, 0.05) is 32.3 Å². The Bertz CT molecular complexity index is 664. The smallest absolute Gasteiger partial charge is 0.257 e. The molecule has 0 aliphatic heterocycles. The lowest BCUT2D eigenvalue weighted by molar-refractivity contribution is -0.118. The van der Waals surface area contributed by atoms with Crippen molar-refractivity contribution in [3.8, 4) is 0 Å². The summed E-state index contributed by atoms with van der Waals surface area (Å²) in [7, 11) is 1.79. The molecule has 6 nitrogen and oxygen atoms in total. The monoisotopic (exact) mass is 300 g/mol. The summed E-state index contributed by atoms with van der Waals surface area (Å²) in [5.74, 6) is -0.565. The molecule has 0 aliphatic carbocycles. The average molecular weight is 300 g/mol. The van der Waals surface area contributed by atoms with Crippen molar-refractivity contribution >= 4 is 11.8 Å². The van der Waals surface area contributed by atoms with Crippen LogP contribution in [0.3, 0.4) is 0 Å². The predicted molar refractivity (Wildman–Crippen MR) is 82.9 cm³/mol. The van der Waals surface area contributed by atoms with Gasteiger partial charge in [-0.1, -0.05) is 30.3 Å². The maximum Gasteiger partial charge on any atom is 0.257 e. The third kappa shape index (κ3) is 3.72. The van der Waals surface area contributed by atoms with E-state index in [0.29, 0.717) is 12.1 Å². The standard InChI is InChI=1S/C16H20N4O2/c1-12-14(10-18-19(12)2)16(22)20(9-8-15(17)21)11-13-6-4-3-5-7-13/h3-7,10H,8-9,11H2,1-2H3,(H2,17,21). The van der Waals surface area contributed by atoms with E-state index in [-0.39, 0.29) is 18.9 Å². The number of aromatic nitrogens is 2. The number of primary amides is 1. The van der Waals surface area contributed by atoms with E-state index in [4.69, 9.17) is 5.73 Å². The van der Waals surface area contributed by atoms with E-state index in [1.807, 2.05) is 37.3 Å². The van der Waals surface area contributed by atoms with E-state index in [1.54, 1.807) is 22.8 Å². The third-order valence-electron chi connectivity index (χ3n) is 3.60. The highest BCUT2D eigenvalue weighted by molar-refractivity contribution is 5.95. The molecule has 1 heterocycles. The Balaban J connectivity index is 2.21. The van der Waals surface area contributed by atoms with Crippen molar-refractivity contribution in [2.45, 2.75) is 19.9 Å². The van der Waals surface area contributed by atoms with Crippen LogP contribution in [0.2, 0.25) is 0 Å². The Hall–Kier alpha value is -2.63. The minimum atomic E-state index is -0.422. The van der Waals surface area contributed by atoms with Gasteiger partial charge in [0.25, 0.3) is 5.91 Å². The molecule has 0 unspecified atom stereocenters. The Morgan fingerprint density at radius 2 is 1.95 bits per heavy atom. The van der Waals surface area contributed by atoms with Crippen LogP contribution >= 0.6 is 0 Å². The second kappa shape index (κ2) is 6.89. The lowest BCUT2D eigenvalue weighted by atomic mass is 10.1. The Kier molecular flexibility index (Phi) is 4.93. The molecule has 0 saturated carbocycles. The fraction of sp³-hybridized carbons (Fsp3) is 0.312. The third-order valence-corrected chi connectivity index (χ3v) is 3.60. The van der Waals surface area contributed by atoms with Crippen LogP contribution in [0.15, 0.2) is 36.5 Å². The van der Waals surface area contributed by atoms with E-state index in [2.05, 4.69) is 5.10 Å². The number of rotatable bonds is 6. The fourth-order valence-electron chi connectivity index (χ4n) is 2.18. The molecule has 6 heteroatoms. The first-order valence-electron chi connectivity index (χ1n) is 7.09. The number of benzene rings is 1. The molecule has 0 saturated heterocycles. The molecule has 2 amide bonds. The number of hydrogen-bond donors (Lipinski definition) is 1. The molecule has 0 atom stereocenters. The number of nitrogens with two attached hydrogens (primary N) is 1. The van der Waals surface area contributed by atoms with Crippen molar-refractivity contribution in [3.05, 3.63) is 53.3 Å². The van der Waals surface area contributed by atoms with Crippen LogP contribution in [0.1, 0.15) is 28.0 Å². The second-order valence-electron chi connectivity index (χ2n) is 5.20. The minimum absolute atomic E-state index is 0.137. The summed E-state index contributed by atoms with van der Waals surface area (Å²) in [4.78, 5) is 25.4. The van der Waals surface area contributed by atoms with Crippen LogP contribution < -0.4 is 5.73 Å². The molecule has 0 radical (unpaired) electrons. The molecule has 0 spiro atoms. The van der Waals surface area contributed by atoms with Crippen molar-refractivity contribution < 1.29 is 9.59 Å². The zero-order chi connectivity index (χ0) is 16.1. The van der Waals surface area contributed by atoms with Crippen LogP contribution in [-0.4, -0.2) is 33.0 Å². The molecule has 2 N–H and O–H groups in total. The zero-order valence-corrected chi connectivity index (χ0v) is 12.8. The summed E-state index contributed by atoms with van der Waals surface area (Å²) >= 11 is 0. The summed E-state index contributed by atoms with van der Waals surface area (Å²) in [6.45, 7) is 2.56.